The molecule has 0 radical (unpaired) electrons. The molecule has 1 unspecified atom stereocenters. The number of nitrogens with zero attached hydrogens (tertiary/aromatic N) is 2. The second-order valence-electron chi connectivity index (χ2n) is 5.67. The number of morpholine rings is 1. The first kappa shape index (κ1) is 17.6. The van der Waals surface area contributed by atoms with Crippen LogP contribution in [0.15, 0.2) is 0 Å². The van der Waals surface area contributed by atoms with Crippen molar-refractivity contribution in [1.29, 1.82) is 0 Å². The van der Waals surface area contributed by atoms with E-state index in [9.17, 15) is 21.6 Å². The minimum atomic E-state index is -3.55. The largest absolute Gasteiger partial charge is 0.378 e. The van der Waals surface area contributed by atoms with Gasteiger partial charge in [0.1, 0.15) is 0 Å². The van der Waals surface area contributed by atoms with E-state index in [1.165, 1.54) is 0 Å². The van der Waals surface area contributed by atoms with Gasteiger partial charge in [-0.3, -0.25) is 4.79 Å². The lowest BCUT2D eigenvalue weighted by Gasteiger charge is -2.29. The van der Waals surface area contributed by atoms with Crippen molar-refractivity contribution in [3.05, 3.63) is 0 Å². The molecule has 2 heterocycles. The van der Waals surface area contributed by atoms with Gasteiger partial charge in [0.2, 0.25) is 15.9 Å². The Morgan fingerprint density at radius 1 is 1.32 bits per heavy atom. The molecule has 8 nitrogen and oxygen atoms in total. The summed E-state index contributed by atoms with van der Waals surface area (Å²) in [7, 11) is -6.73. The Morgan fingerprint density at radius 2 is 1.95 bits per heavy atom. The van der Waals surface area contributed by atoms with Gasteiger partial charge in [-0.1, -0.05) is 0 Å². The molecule has 0 aliphatic carbocycles. The summed E-state index contributed by atoms with van der Waals surface area (Å²) in [5.74, 6) is -0.287. The summed E-state index contributed by atoms with van der Waals surface area (Å²) in [6, 6.07) is -0.558. The fraction of sp³-hybridized carbons (Fsp3) is 0.917. The Kier molecular flexibility index (Phi) is 5.46. The maximum absolute atomic E-state index is 12.1. The predicted molar refractivity (Wildman–Crippen MR) is 80.6 cm³/mol. The highest BCUT2D eigenvalue weighted by Crippen LogP contribution is 2.20. The first-order chi connectivity index (χ1) is 10.2. The number of rotatable bonds is 5. The molecule has 128 valence electrons. The highest BCUT2D eigenvalue weighted by atomic mass is 32.2. The molecular weight excluding hydrogens is 332 g/mol. The number of hydrogen-bond donors (Lipinski definition) is 0. The van der Waals surface area contributed by atoms with Crippen molar-refractivity contribution in [1.82, 2.24) is 9.21 Å². The van der Waals surface area contributed by atoms with Crippen molar-refractivity contribution in [3.8, 4) is 0 Å². The third-order valence-corrected chi connectivity index (χ3v) is 7.03. The Labute approximate surface area is 131 Å². The number of amides is 1. The lowest BCUT2D eigenvalue weighted by atomic mass is 10.2. The summed E-state index contributed by atoms with van der Waals surface area (Å²) in [5, 5.41) is 0. The van der Waals surface area contributed by atoms with Crippen LogP contribution in [0.2, 0.25) is 0 Å². The Hall–Kier alpha value is -0.710. The molecule has 2 aliphatic heterocycles. The van der Waals surface area contributed by atoms with Crippen LogP contribution in [0.1, 0.15) is 12.8 Å². The van der Waals surface area contributed by atoms with Gasteiger partial charge in [0.15, 0.2) is 9.84 Å². The van der Waals surface area contributed by atoms with Crippen molar-refractivity contribution in [3.63, 3.8) is 0 Å². The van der Waals surface area contributed by atoms with Gasteiger partial charge in [-0.25, -0.2) is 16.8 Å². The van der Waals surface area contributed by atoms with Gasteiger partial charge in [-0.05, 0) is 6.42 Å². The van der Waals surface area contributed by atoms with E-state index in [0.717, 1.165) is 10.6 Å². The van der Waals surface area contributed by atoms with Gasteiger partial charge in [0.25, 0.3) is 0 Å². The first-order valence-corrected chi connectivity index (χ1v) is 10.9. The molecule has 0 N–H and O–H groups in total. The molecule has 1 atom stereocenters. The molecule has 0 saturated carbocycles. The molecule has 2 fully saturated rings. The third kappa shape index (κ3) is 4.64. The molecule has 1 amide bonds. The normalized spacial score (nSPS) is 25.5. The minimum absolute atomic E-state index is 0.00109. The molecular formula is C12H22N2O6S2. The quantitative estimate of drug-likeness (QED) is 0.607. The smallest absolute Gasteiger partial charge is 0.224 e. The van der Waals surface area contributed by atoms with Crippen LogP contribution in [0.3, 0.4) is 0 Å². The maximum Gasteiger partial charge on any atom is 0.224 e. The first-order valence-electron chi connectivity index (χ1n) is 7.22. The molecule has 2 rings (SSSR count). The SMILES string of the molecule is CS(=O)(=O)N(CCC(=O)N1CCOCC1)C1CCS(=O)(=O)C1. The molecule has 22 heavy (non-hydrogen) atoms. The summed E-state index contributed by atoms with van der Waals surface area (Å²) in [6.07, 6.45) is 1.40. The fourth-order valence-electron chi connectivity index (χ4n) is 2.80. The number of ether oxygens (including phenoxy) is 1. The molecule has 0 spiro atoms. The van der Waals surface area contributed by atoms with Crippen molar-refractivity contribution < 1.29 is 26.4 Å². The molecule has 2 saturated heterocycles. The van der Waals surface area contributed by atoms with Gasteiger partial charge < -0.3 is 9.64 Å². The summed E-state index contributed by atoms with van der Waals surface area (Å²) in [4.78, 5) is 13.8. The number of sulfone groups is 1. The van der Waals surface area contributed by atoms with E-state index in [4.69, 9.17) is 4.74 Å². The zero-order chi connectivity index (χ0) is 16.4. The van der Waals surface area contributed by atoms with Gasteiger partial charge in [0.05, 0.1) is 31.0 Å². The zero-order valence-electron chi connectivity index (χ0n) is 12.6. The van der Waals surface area contributed by atoms with E-state index in [0.29, 0.717) is 32.7 Å². The van der Waals surface area contributed by atoms with Crippen molar-refractivity contribution in [2.24, 2.45) is 0 Å². The lowest BCUT2D eigenvalue weighted by molar-refractivity contribution is -0.135. The Bertz CT molecular complexity index is 610. The third-order valence-electron chi connectivity index (χ3n) is 3.95. The van der Waals surface area contributed by atoms with E-state index in [2.05, 4.69) is 0 Å². The summed E-state index contributed by atoms with van der Waals surface area (Å²) >= 11 is 0. The molecule has 0 aromatic carbocycles. The van der Waals surface area contributed by atoms with Crippen molar-refractivity contribution >= 4 is 25.8 Å². The van der Waals surface area contributed by atoms with E-state index < -0.39 is 25.9 Å². The van der Waals surface area contributed by atoms with Crippen LogP contribution in [0.5, 0.6) is 0 Å². The second kappa shape index (κ2) is 6.81. The van der Waals surface area contributed by atoms with Crippen LogP contribution < -0.4 is 0 Å². The highest BCUT2D eigenvalue weighted by Gasteiger charge is 2.36. The average Bonchev–Trinajstić information content (AvgIpc) is 2.78. The fourth-order valence-corrected chi connectivity index (χ4v) is 5.77. The van der Waals surface area contributed by atoms with Gasteiger partial charge in [-0.15, -0.1) is 0 Å². The second-order valence-corrected chi connectivity index (χ2v) is 9.84. The van der Waals surface area contributed by atoms with Crippen LogP contribution in [-0.4, -0.2) is 88.6 Å². The molecule has 0 aromatic rings. The molecule has 0 aromatic heterocycles. The minimum Gasteiger partial charge on any atom is -0.378 e. The number of carbonyl (C=O) groups is 1. The topological polar surface area (TPSA) is 101 Å². The van der Waals surface area contributed by atoms with Crippen molar-refractivity contribution in [2.45, 2.75) is 18.9 Å². The summed E-state index contributed by atoms with van der Waals surface area (Å²) in [6.45, 7) is 2.02. The van der Waals surface area contributed by atoms with Gasteiger partial charge in [0, 0.05) is 32.1 Å². The Morgan fingerprint density at radius 3 is 2.45 bits per heavy atom. The number of carbonyl (C=O) groups excluding carboxylic acids is 1. The van der Waals surface area contributed by atoms with Crippen LogP contribution in [0.4, 0.5) is 0 Å². The van der Waals surface area contributed by atoms with E-state index in [1.54, 1.807) is 4.90 Å². The standard InChI is InChI=1S/C12H22N2O6S2/c1-21(16,17)14(11-3-9-22(18,19)10-11)4-2-12(15)13-5-7-20-8-6-13/h11H,2-10H2,1H3. The van der Waals surface area contributed by atoms with E-state index >= 15 is 0 Å². The van der Waals surface area contributed by atoms with Gasteiger partial charge >= 0.3 is 0 Å². The van der Waals surface area contributed by atoms with E-state index in [-0.39, 0.29) is 30.4 Å². The van der Waals surface area contributed by atoms with Crippen LogP contribution >= 0.6 is 0 Å². The molecule has 10 heteroatoms. The lowest BCUT2D eigenvalue weighted by Crippen LogP contribution is -2.45. The predicted octanol–water partition coefficient (Wildman–Crippen LogP) is -1.32. The average molecular weight is 354 g/mol. The summed E-state index contributed by atoms with van der Waals surface area (Å²) in [5.41, 5.74) is 0. The highest BCUT2D eigenvalue weighted by molar-refractivity contribution is 7.92. The van der Waals surface area contributed by atoms with Gasteiger partial charge in [-0.2, -0.15) is 4.31 Å². The Balaban J connectivity index is 1.97. The zero-order valence-corrected chi connectivity index (χ0v) is 14.2. The van der Waals surface area contributed by atoms with Crippen molar-refractivity contribution in [2.75, 3.05) is 50.6 Å². The molecule has 0 bridgehead atoms. The van der Waals surface area contributed by atoms with E-state index in [1.807, 2.05) is 0 Å². The van der Waals surface area contributed by atoms with Crippen LogP contribution in [-0.2, 0) is 29.4 Å². The monoisotopic (exact) mass is 354 g/mol. The number of sulfonamides is 1. The maximum atomic E-state index is 12.1. The number of hydrogen-bond acceptors (Lipinski definition) is 6. The summed E-state index contributed by atoms with van der Waals surface area (Å²) < 4.78 is 53.2. The molecule has 2 aliphatic rings. The van der Waals surface area contributed by atoms with Crippen LogP contribution in [0, 0.1) is 0 Å². The van der Waals surface area contributed by atoms with Crippen LogP contribution in [0.25, 0.3) is 0 Å².